The van der Waals surface area contributed by atoms with Crippen molar-refractivity contribution in [2.24, 2.45) is 0 Å². The molecule has 1 heterocycles. The van der Waals surface area contributed by atoms with Crippen molar-refractivity contribution in [3.8, 4) is 0 Å². The first-order valence-corrected chi connectivity index (χ1v) is 3.95. The Kier molecular flexibility index (Phi) is 2.65. The highest BCUT2D eigenvalue weighted by Gasteiger charge is 1.99. The van der Waals surface area contributed by atoms with Gasteiger partial charge >= 0.3 is 0 Å². The minimum Gasteiger partial charge on any atom is -0.335 e. The summed E-state index contributed by atoms with van der Waals surface area (Å²) >= 11 is 0. The van der Waals surface area contributed by atoms with Gasteiger partial charge in [-0.1, -0.05) is 0 Å². The first kappa shape index (κ1) is 8.27. The zero-order valence-electron chi connectivity index (χ0n) is 7.39. The van der Waals surface area contributed by atoms with E-state index in [0.717, 1.165) is 24.6 Å². The van der Waals surface area contributed by atoms with Crippen molar-refractivity contribution in [3.05, 3.63) is 17.7 Å². The molecule has 0 saturated heterocycles. The van der Waals surface area contributed by atoms with Crippen molar-refractivity contribution < 1.29 is 0 Å². The quantitative estimate of drug-likeness (QED) is 0.700. The molecular formula is C8H15N3. The summed E-state index contributed by atoms with van der Waals surface area (Å²) in [7, 11) is 1.93. The molecule has 62 valence electrons. The van der Waals surface area contributed by atoms with Gasteiger partial charge in [0.15, 0.2) is 0 Å². The van der Waals surface area contributed by atoms with Crippen LogP contribution < -0.4 is 5.32 Å². The van der Waals surface area contributed by atoms with E-state index in [0.29, 0.717) is 0 Å². The molecule has 0 aliphatic carbocycles. The van der Waals surface area contributed by atoms with E-state index in [1.807, 2.05) is 14.0 Å². The van der Waals surface area contributed by atoms with Gasteiger partial charge in [0.1, 0.15) is 5.82 Å². The predicted molar refractivity (Wildman–Crippen MR) is 45.4 cm³/mol. The van der Waals surface area contributed by atoms with E-state index in [1.54, 1.807) is 0 Å². The summed E-state index contributed by atoms with van der Waals surface area (Å²) in [5, 5.41) is 3.07. The third kappa shape index (κ3) is 1.80. The maximum absolute atomic E-state index is 4.37. The number of nitrogens with one attached hydrogen (secondary N) is 1. The first-order chi connectivity index (χ1) is 5.27. The van der Waals surface area contributed by atoms with Gasteiger partial charge in [0.2, 0.25) is 0 Å². The molecule has 0 aliphatic heterocycles. The summed E-state index contributed by atoms with van der Waals surface area (Å²) in [4.78, 5) is 4.37. The van der Waals surface area contributed by atoms with E-state index < -0.39 is 0 Å². The van der Waals surface area contributed by atoms with E-state index in [1.165, 1.54) is 0 Å². The van der Waals surface area contributed by atoms with Gasteiger partial charge in [0.25, 0.3) is 0 Å². The fraction of sp³-hybridized carbons (Fsp3) is 0.625. The SMILES string of the molecule is CCn1cc(CNC)nc1C. The summed E-state index contributed by atoms with van der Waals surface area (Å²) in [5.41, 5.74) is 1.12. The molecule has 11 heavy (non-hydrogen) atoms. The van der Waals surface area contributed by atoms with Crippen LogP contribution in [0.25, 0.3) is 0 Å². The second-order valence-electron chi connectivity index (χ2n) is 2.60. The Hall–Kier alpha value is -0.830. The molecule has 3 nitrogen and oxygen atoms in total. The number of aromatic nitrogens is 2. The predicted octanol–water partition coefficient (Wildman–Crippen LogP) is 0.931. The van der Waals surface area contributed by atoms with Crippen molar-refractivity contribution in [1.29, 1.82) is 0 Å². The number of nitrogens with zero attached hydrogens (tertiary/aromatic N) is 2. The molecule has 0 saturated carbocycles. The Labute approximate surface area is 67.4 Å². The van der Waals surface area contributed by atoms with Crippen molar-refractivity contribution in [2.75, 3.05) is 7.05 Å². The highest BCUT2D eigenvalue weighted by atomic mass is 15.1. The Morgan fingerprint density at radius 1 is 1.64 bits per heavy atom. The maximum Gasteiger partial charge on any atom is 0.105 e. The molecule has 0 atom stereocenters. The Morgan fingerprint density at radius 2 is 2.36 bits per heavy atom. The lowest BCUT2D eigenvalue weighted by atomic mass is 10.5. The molecule has 1 aromatic rings. The fourth-order valence-electron chi connectivity index (χ4n) is 1.16. The number of hydrogen-bond donors (Lipinski definition) is 1. The lowest BCUT2D eigenvalue weighted by Crippen LogP contribution is -2.04. The molecule has 0 unspecified atom stereocenters. The molecule has 1 N–H and O–H groups in total. The van der Waals surface area contributed by atoms with Crippen molar-refractivity contribution in [2.45, 2.75) is 26.9 Å². The Bertz CT molecular complexity index is 227. The van der Waals surface area contributed by atoms with Crippen LogP contribution in [0.1, 0.15) is 18.4 Å². The Balaban J connectivity index is 2.77. The molecule has 0 spiro atoms. The fourth-order valence-corrected chi connectivity index (χ4v) is 1.16. The smallest absolute Gasteiger partial charge is 0.105 e. The first-order valence-electron chi connectivity index (χ1n) is 3.95. The van der Waals surface area contributed by atoms with Crippen molar-refractivity contribution in [1.82, 2.24) is 14.9 Å². The second-order valence-corrected chi connectivity index (χ2v) is 2.60. The number of aryl methyl sites for hydroxylation is 2. The van der Waals surface area contributed by atoms with E-state index in [9.17, 15) is 0 Å². The van der Waals surface area contributed by atoms with Crippen LogP contribution >= 0.6 is 0 Å². The molecule has 0 aliphatic rings. The minimum atomic E-state index is 0.855. The normalized spacial score (nSPS) is 10.5. The van der Waals surface area contributed by atoms with Crippen molar-refractivity contribution >= 4 is 0 Å². The monoisotopic (exact) mass is 153 g/mol. The van der Waals surface area contributed by atoms with Gasteiger partial charge in [-0.15, -0.1) is 0 Å². The average molecular weight is 153 g/mol. The van der Waals surface area contributed by atoms with E-state index in [2.05, 4.69) is 28.0 Å². The molecule has 0 radical (unpaired) electrons. The summed E-state index contributed by atoms with van der Waals surface area (Å²) in [6.07, 6.45) is 2.09. The topological polar surface area (TPSA) is 29.9 Å². The van der Waals surface area contributed by atoms with E-state index in [4.69, 9.17) is 0 Å². The minimum absolute atomic E-state index is 0.855. The van der Waals surface area contributed by atoms with Gasteiger partial charge < -0.3 is 9.88 Å². The number of rotatable bonds is 3. The number of hydrogen-bond acceptors (Lipinski definition) is 2. The molecule has 3 heteroatoms. The molecule has 0 bridgehead atoms. The summed E-state index contributed by atoms with van der Waals surface area (Å²) in [5.74, 6) is 1.10. The summed E-state index contributed by atoms with van der Waals surface area (Å²) in [6, 6.07) is 0. The van der Waals surface area contributed by atoms with Crippen LogP contribution in [0, 0.1) is 6.92 Å². The summed E-state index contributed by atoms with van der Waals surface area (Å²) in [6.45, 7) is 6.01. The standard InChI is InChI=1S/C8H15N3/c1-4-11-6-8(5-9-3)10-7(11)2/h6,9H,4-5H2,1-3H3. The van der Waals surface area contributed by atoms with E-state index in [-0.39, 0.29) is 0 Å². The van der Waals surface area contributed by atoms with Crippen LogP contribution in [0.15, 0.2) is 6.20 Å². The van der Waals surface area contributed by atoms with Crippen molar-refractivity contribution in [3.63, 3.8) is 0 Å². The van der Waals surface area contributed by atoms with Crippen LogP contribution in [0.4, 0.5) is 0 Å². The van der Waals surface area contributed by atoms with Crippen LogP contribution in [-0.4, -0.2) is 16.6 Å². The van der Waals surface area contributed by atoms with Gasteiger partial charge in [0, 0.05) is 19.3 Å². The highest BCUT2D eigenvalue weighted by Crippen LogP contribution is 2.00. The van der Waals surface area contributed by atoms with Gasteiger partial charge in [-0.3, -0.25) is 0 Å². The molecule has 1 aromatic heterocycles. The van der Waals surface area contributed by atoms with E-state index >= 15 is 0 Å². The van der Waals surface area contributed by atoms with Crippen LogP contribution in [0.2, 0.25) is 0 Å². The summed E-state index contributed by atoms with van der Waals surface area (Å²) < 4.78 is 2.15. The second kappa shape index (κ2) is 3.53. The molecular weight excluding hydrogens is 138 g/mol. The average Bonchev–Trinajstić information content (AvgIpc) is 2.32. The van der Waals surface area contributed by atoms with Crippen LogP contribution in [0.5, 0.6) is 0 Å². The number of imidazole rings is 1. The Morgan fingerprint density at radius 3 is 2.82 bits per heavy atom. The highest BCUT2D eigenvalue weighted by molar-refractivity contribution is 5.02. The van der Waals surface area contributed by atoms with Crippen LogP contribution in [-0.2, 0) is 13.1 Å². The molecule has 0 aromatic carbocycles. The third-order valence-electron chi connectivity index (χ3n) is 1.72. The van der Waals surface area contributed by atoms with Gasteiger partial charge in [0.05, 0.1) is 5.69 Å². The van der Waals surface area contributed by atoms with Gasteiger partial charge in [-0.25, -0.2) is 4.98 Å². The zero-order valence-corrected chi connectivity index (χ0v) is 7.39. The largest absolute Gasteiger partial charge is 0.335 e. The van der Waals surface area contributed by atoms with Gasteiger partial charge in [-0.2, -0.15) is 0 Å². The molecule has 0 fully saturated rings. The lowest BCUT2D eigenvalue weighted by molar-refractivity contribution is 0.729. The lowest BCUT2D eigenvalue weighted by Gasteiger charge is -1.95. The maximum atomic E-state index is 4.37. The third-order valence-corrected chi connectivity index (χ3v) is 1.72. The molecule has 1 rings (SSSR count). The zero-order chi connectivity index (χ0) is 8.27. The molecule has 0 amide bonds. The van der Waals surface area contributed by atoms with Crippen LogP contribution in [0.3, 0.4) is 0 Å². The van der Waals surface area contributed by atoms with Gasteiger partial charge in [-0.05, 0) is 20.9 Å².